The van der Waals surface area contributed by atoms with Gasteiger partial charge in [0.2, 0.25) is 5.91 Å². The summed E-state index contributed by atoms with van der Waals surface area (Å²) in [6.45, 7) is 8.27. The minimum absolute atomic E-state index is 0.0251. The van der Waals surface area contributed by atoms with Gasteiger partial charge in [0.05, 0.1) is 16.4 Å². The number of carbonyl (C=O) groups excluding carboxylic acids is 2. The zero-order valence-electron chi connectivity index (χ0n) is 21.0. The number of aliphatic carboxylic acids is 1. The van der Waals surface area contributed by atoms with Gasteiger partial charge in [0.15, 0.2) is 11.5 Å². The highest BCUT2D eigenvalue weighted by molar-refractivity contribution is 6.33. The number of carbonyl (C=O) groups is 2. The van der Waals surface area contributed by atoms with Crippen LogP contribution in [-0.2, 0) is 16.0 Å². The Morgan fingerprint density at radius 1 is 1.19 bits per heavy atom. The molecule has 0 radical (unpaired) electrons. The maximum absolute atomic E-state index is 13.0. The van der Waals surface area contributed by atoms with Crippen LogP contribution in [0.1, 0.15) is 87.3 Å². The summed E-state index contributed by atoms with van der Waals surface area (Å²) in [4.78, 5) is 24.2. The molecular weight excluding hydrogens is 482 g/mol. The first-order valence-corrected chi connectivity index (χ1v) is 12.6. The fraction of sp³-hybridized carbons (Fsp3) is 0.481. The number of aryl methyl sites for hydroxylation is 1. The Balaban J connectivity index is 1.60. The summed E-state index contributed by atoms with van der Waals surface area (Å²) in [6, 6.07) is 7.24. The third-order valence-electron chi connectivity index (χ3n) is 6.15. The van der Waals surface area contributed by atoms with Gasteiger partial charge >= 0.3 is 0 Å². The molecule has 36 heavy (non-hydrogen) atoms. The van der Waals surface area contributed by atoms with E-state index in [0.29, 0.717) is 27.9 Å². The van der Waals surface area contributed by atoms with Crippen molar-refractivity contribution in [2.45, 2.75) is 78.1 Å². The molecule has 2 heterocycles. The molecule has 3 aromatic rings. The smallest absolute Gasteiger partial charge is 0.225 e. The predicted octanol–water partition coefficient (Wildman–Crippen LogP) is 5.40. The molecule has 192 valence electrons. The minimum atomic E-state index is -1.18. The maximum atomic E-state index is 13.0. The molecule has 9 heteroatoms. The van der Waals surface area contributed by atoms with Crippen molar-refractivity contribution in [3.05, 3.63) is 51.9 Å². The number of halogens is 1. The largest absolute Gasteiger partial charge is 0.550 e. The number of amides is 1. The van der Waals surface area contributed by atoms with Gasteiger partial charge in [-0.25, -0.2) is 0 Å². The Labute approximate surface area is 215 Å². The van der Waals surface area contributed by atoms with E-state index in [-0.39, 0.29) is 36.5 Å². The van der Waals surface area contributed by atoms with E-state index in [1.807, 2.05) is 19.1 Å². The van der Waals surface area contributed by atoms with Crippen molar-refractivity contribution in [3.63, 3.8) is 0 Å². The summed E-state index contributed by atoms with van der Waals surface area (Å²) in [7, 11) is 0. The van der Waals surface area contributed by atoms with Crippen molar-refractivity contribution < 1.29 is 23.7 Å². The van der Waals surface area contributed by atoms with Gasteiger partial charge in [-0.05, 0) is 61.6 Å². The quantitative estimate of drug-likeness (QED) is 0.386. The Hall–Kier alpha value is -3.13. The summed E-state index contributed by atoms with van der Waals surface area (Å²) in [5.41, 5.74) is 3.56. The van der Waals surface area contributed by atoms with E-state index >= 15 is 0 Å². The van der Waals surface area contributed by atoms with Gasteiger partial charge in [-0.15, -0.1) is 0 Å². The second kappa shape index (κ2) is 10.5. The van der Waals surface area contributed by atoms with Crippen LogP contribution >= 0.6 is 11.6 Å². The number of aromatic nitrogens is 2. The van der Waals surface area contributed by atoms with Crippen LogP contribution in [0.4, 0.5) is 5.69 Å². The van der Waals surface area contributed by atoms with Crippen LogP contribution in [0, 0.1) is 12.3 Å². The first kappa shape index (κ1) is 25.9. The Bertz CT molecular complexity index is 1250. The molecule has 1 aliphatic carbocycles. The van der Waals surface area contributed by atoms with Crippen LogP contribution in [0.15, 0.2) is 33.3 Å². The number of anilines is 1. The molecule has 8 nitrogen and oxygen atoms in total. The van der Waals surface area contributed by atoms with E-state index in [1.54, 1.807) is 12.1 Å². The number of nitrogens with zero attached hydrogens (tertiary/aromatic N) is 2. The van der Waals surface area contributed by atoms with Crippen LogP contribution < -0.4 is 10.4 Å². The highest BCUT2D eigenvalue weighted by Gasteiger charge is 2.37. The maximum Gasteiger partial charge on any atom is 0.225 e. The van der Waals surface area contributed by atoms with Gasteiger partial charge in [-0.1, -0.05) is 48.8 Å². The first-order valence-electron chi connectivity index (χ1n) is 12.2. The molecular formula is C27H31ClN3O5-. The SMILES string of the molecule is Cc1ccc(NC(=O)C[C@H](CCC(=O)[O-])c2noc(-c3cc(CC(C)(C)C)on3)c2C2CC2)c(Cl)c1. The third-order valence-corrected chi connectivity index (χ3v) is 6.46. The minimum Gasteiger partial charge on any atom is -0.550 e. The van der Waals surface area contributed by atoms with Crippen LogP contribution in [-0.4, -0.2) is 22.2 Å². The van der Waals surface area contributed by atoms with Gasteiger partial charge in [0.25, 0.3) is 0 Å². The zero-order chi connectivity index (χ0) is 26.0. The van der Waals surface area contributed by atoms with E-state index in [9.17, 15) is 14.7 Å². The molecule has 1 fully saturated rings. The number of benzene rings is 1. The first-order chi connectivity index (χ1) is 17.0. The molecule has 0 spiro atoms. The fourth-order valence-corrected chi connectivity index (χ4v) is 4.64. The van der Waals surface area contributed by atoms with Crippen molar-refractivity contribution in [1.29, 1.82) is 0 Å². The number of carboxylic acid groups (broad SMARTS) is 1. The highest BCUT2D eigenvalue weighted by atomic mass is 35.5. The highest BCUT2D eigenvalue weighted by Crippen LogP contribution is 2.48. The Morgan fingerprint density at radius 3 is 2.58 bits per heavy atom. The van der Waals surface area contributed by atoms with E-state index < -0.39 is 11.9 Å². The molecule has 0 bridgehead atoms. The average Bonchev–Trinajstić information content (AvgIpc) is 3.35. The van der Waals surface area contributed by atoms with Gasteiger partial charge in [-0.3, -0.25) is 4.79 Å². The molecule has 4 rings (SSSR count). The van der Waals surface area contributed by atoms with E-state index in [1.165, 1.54) is 0 Å². The standard InChI is InChI=1S/C27H32ClN3O5/c1-15-5-9-20(19(28)11-15)29-22(32)12-17(8-10-23(33)34)25-24(16-6-7-16)26(36-31-25)21-13-18(35-30-21)14-27(2,3)4/h5,9,11,13,16-17H,6-8,10,12,14H2,1-4H3,(H,29,32)(H,33,34)/p-1/t17-/m0/s1. The second-order valence-corrected chi connectivity index (χ2v) is 11.3. The molecule has 2 aromatic heterocycles. The van der Waals surface area contributed by atoms with Crippen molar-refractivity contribution in [1.82, 2.24) is 10.3 Å². The number of hydrogen-bond acceptors (Lipinski definition) is 7. The molecule has 1 aromatic carbocycles. The van der Waals surface area contributed by atoms with Crippen LogP contribution in [0.25, 0.3) is 11.5 Å². The number of rotatable bonds is 10. The zero-order valence-corrected chi connectivity index (χ0v) is 21.8. The third kappa shape index (κ3) is 6.55. The lowest BCUT2D eigenvalue weighted by molar-refractivity contribution is -0.305. The molecule has 0 aliphatic heterocycles. The summed E-state index contributed by atoms with van der Waals surface area (Å²) in [5, 5.41) is 23.1. The summed E-state index contributed by atoms with van der Waals surface area (Å²) >= 11 is 6.27. The van der Waals surface area contributed by atoms with Gasteiger partial charge in [0.1, 0.15) is 5.76 Å². The number of carboxylic acids is 1. The molecule has 1 N–H and O–H groups in total. The monoisotopic (exact) mass is 512 g/mol. The number of hydrogen-bond donors (Lipinski definition) is 1. The van der Waals surface area contributed by atoms with Crippen molar-refractivity contribution >= 4 is 29.2 Å². The van der Waals surface area contributed by atoms with Crippen LogP contribution in [0.5, 0.6) is 0 Å². The molecule has 0 saturated heterocycles. The fourth-order valence-electron chi connectivity index (χ4n) is 4.36. The topological polar surface area (TPSA) is 121 Å². The van der Waals surface area contributed by atoms with E-state index in [0.717, 1.165) is 36.1 Å². The van der Waals surface area contributed by atoms with E-state index in [4.69, 9.17) is 20.6 Å². The lowest BCUT2D eigenvalue weighted by atomic mass is 9.89. The molecule has 1 amide bonds. The summed E-state index contributed by atoms with van der Waals surface area (Å²) in [5.74, 6) is -0.437. The van der Waals surface area contributed by atoms with Crippen LogP contribution in [0.3, 0.4) is 0 Å². The number of nitrogens with one attached hydrogen (secondary N) is 1. The summed E-state index contributed by atoms with van der Waals surface area (Å²) in [6.07, 6.45) is 2.66. The van der Waals surface area contributed by atoms with Gasteiger partial charge < -0.3 is 24.3 Å². The molecule has 1 aliphatic rings. The Kier molecular flexibility index (Phi) is 7.54. The van der Waals surface area contributed by atoms with Crippen LogP contribution in [0.2, 0.25) is 5.02 Å². The predicted molar refractivity (Wildman–Crippen MR) is 134 cm³/mol. The Morgan fingerprint density at radius 2 is 1.94 bits per heavy atom. The second-order valence-electron chi connectivity index (χ2n) is 10.8. The van der Waals surface area contributed by atoms with Gasteiger partial charge in [-0.2, -0.15) is 0 Å². The van der Waals surface area contributed by atoms with E-state index in [2.05, 4.69) is 36.4 Å². The molecule has 1 saturated carbocycles. The van der Waals surface area contributed by atoms with Crippen molar-refractivity contribution in [2.75, 3.05) is 5.32 Å². The normalized spacial score (nSPS) is 14.6. The lowest BCUT2D eigenvalue weighted by Crippen LogP contribution is -2.24. The average molecular weight is 513 g/mol. The van der Waals surface area contributed by atoms with Crippen molar-refractivity contribution in [2.24, 2.45) is 5.41 Å². The molecule has 1 atom stereocenters. The molecule has 0 unspecified atom stereocenters. The summed E-state index contributed by atoms with van der Waals surface area (Å²) < 4.78 is 11.3. The lowest BCUT2D eigenvalue weighted by Gasteiger charge is -2.17. The van der Waals surface area contributed by atoms with Crippen molar-refractivity contribution in [3.8, 4) is 11.5 Å². The van der Waals surface area contributed by atoms with Gasteiger partial charge in [0, 0.05) is 36.4 Å².